The summed E-state index contributed by atoms with van der Waals surface area (Å²) >= 11 is 0. The quantitative estimate of drug-likeness (QED) is 0.829. The predicted molar refractivity (Wildman–Crippen MR) is 93.9 cm³/mol. The number of nitriles is 1. The zero-order chi connectivity index (χ0) is 18.4. The van der Waals surface area contributed by atoms with E-state index in [0.717, 1.165) is 24.9 Å². The van der Waals surface area contributed by atoms with Crippen molar-refractivity contribution in [1.29, 1.82) is 5.26 Å². The number of benzene rings is 1. The van der Waals surface area contributed by atoms with E-state index in [2.05, 4.69) is 11.1 Å². The molecule has 0 aliphatic carbocycles. The average Bonchev–Trinajstić information content (AvgIpc) is 2.68. The van der Waals surface area contributed by atoms with E-state index in [0.29, 0.717) is 24.6 Å². The summed E-state index contributed by atoms with van der Waals surface area (Å²) in [4.78, 5) is 18.5. The molecule has 1 aliphatic heterocycles. The highest BCUT2D eigenvalue weighted by Crippen LogP contribution is 2.19. The van der Waals surface area contributed by atoms with Crippen LogP contribution in [0.2, 0.25) is 0 Å². The van der Waals surface area contributed by atoms with Crippen LogP contribution in [-0.2, 0) is 11.2 Å². The second kappa shape index (κ2) is 8.43. The molecule has 0 bridgehead atoms. The number of hydrogen-bond donors (Lipinski definition) is 0. The van der Waals surface area contributed by atoms with Crippen molar-refractivity contribution in [2.24, 2.45) is 5.92 Å². The van der Waals surface area contributed by atoms with E-state index >= 15 is 0 Å². The molecule has 0 spiro atoms. The van der Waals surface area contributed by atoms with Crippen molar-refractivity contribution in [3.05, 3.63) is 59.5 Å². The van der Waals surface area contributed by atoms with Crippen molar-refractivity contribution in [3.63, 3.8) is 0 Å². The number of nitrogens with zero attached hydrogens (tertiary/aromatic N) is 3. The summed E-state index contributed by atoms with van der Waals surface area (Å²) in [6.07, 6.45) is 3.74. The summed E-state index contributed by atoms with van der Waals surface area (Å²) in [5, 5.41) is 8.91. The molecule has 0 saturated carbocycles. The van der Waals surface area contributed by atoms with Crippen LogP contribution >= 0.6 is 0 Å². The minimum Gasteiger partial charge on any atom is -0.477 e. The first kappa shape index (κ1) is 17.9. The van der Waals surface area contributed by atoms with Crippen LogP contribution in [-0.4, -0.2) is 35.5 Å². The number of aromatic nitrogens is 1. The molecule has 6 heteroatoms. The largest absolute Gasteiger partial charge is 0.477 e. The van der Waals surface area contributed by atoms with Gasteiger partial charge >= 0.3 is 0 Å². The van der Waals surface area contributed by atoms with Gasteiger partial charge in [0.1, 0.15) is 5.82 Å². The fraction of sp³-hybridized carbons (Fsp3) is 0.350. The van der Waals surface area contributed by atoms with Gasteiger partial charge in [0.15, 0.2) is 0 Å². The number of amides is 1. The molecule has 1 amide bonds. The Hall–Kier alpha value is -2.94. The van der Waals surface area contributed by atoms with Crippen LogP contribution in [0.25, 0.3) is 0 Å². The van der Waals surface area contributed by atoms with Crippen LogP contribution in [0.1, 0.15) is 24.0 Å². The molecule has 26 heavy (non-hydrogen) atoms. The van der Waals surface area contributed by atoms with E-state index in [1.807, 2.05) is 4.90 Å². The first-order chi connectivity index (χ1) is 12.6. The molecule has 2 aromatic rings. The topological polar surface area (TPSA) is 66.2 Å². The summed E-state index contributed by atoms with van der Waals surface area (Å²) in [6, 6.07) is 11.3. The minimum absolute atomic E-state index is 0.0471. The lowest BCUT2D eigenvalue weighted by Crippen LogP contribution is -2.42. The molecule has 1 atom stereocenters. The molecule has 1 aromatic heterocycles. The number of rotatable bonds is 5. The standard InChI is InChI=1S/C20H20FN3O2/c21-18-5-3-15(4-6-18)11-20(25)24-9-1-2-17(13-24)14-26-19-10-16(12-22)7-8-23-19/h3-8,10,17H,1-2,9,11,13-14H2. The smallest absolute Gasteiger partial charge is 0.227 e. The Bertz CT molecular complexity index is 801. The molecule has 1 aliphatic rings. The molecule has 1 fully saturated rings. The number of pyridine rings is 1. The molecule has 0 N–H and O–H groups in total. The number of piperidine rings is 1. The zero-order valence-electron chi connectivity index (χ0n) is 14.4. The Morgan fingerprint density at radius 1 is 1.35 bits per heavy atom. The van der Waals surface area contributed by atoms with Crippen molar-refractivity contribution < 1.29 is 13.9 Å². The normalized spacial score (nSPS) is 16.8. The number of likely N-dealkylation sites (tertiary alicyclic amines) is 1. The number of carbonyl (C=O) groups excluding carboxylic acids is 1. The molecule has 134 valence electrons. The second-order valence-electron chi connectivity index (χ2n) is 6.46. The molecule has 2 heterocycles. The fourth-order valence-electron chi connectivity index (χ4n) is 3.08. The van der Waals surface area contributed by atoms with E-state index in [1.165, 1.54) is 12.1 Å². The Kier molecular flexibility index (Phi) is 5.80. The first-order valence-corrected chi connectivity index (χ1v) is 8.65. The van der Waals surface area contributed by atoms with Gasteiger partial charge in [-0.1, -0.05) is 12.1 Å². The maximum absolute atomic E-state index is 13.0. The maximum atomic E-state index is 13.0. The Balaban J connectivity index is 1.52. The van der Waals surface area contributed by atoms with Crippen molar-refractivity contribution in [2.45, 2.75) is 19.3 Å². The minimum atomic E-state index is -0.300. The molecular formula is C20H20FN3O2. The fourth-order valence-corrected chi connectivity index (χ4v) is 3.08. The number of carbonyl (C=O) groups is 1. The third-order valence-electron chi connectivity index (χ3n) is 4.47. The number of hydrogen-bond acceptors (Lipinski definition) is 4. The Morgan fingerprint density at radius 3 is 2.92 bits per heavy atom. The maximum Gasteiger partial charge on any atom is 0.227 e. The molecule has 1 saturated heterocycles. The number of ether oxygens (including phenoxy) is 1. The summed E-state index contributed by atoms with van der Waals surface area (Å²) in [6.45, 7) is 1.83. The molecule has 1 unspecified atom stereocenters. The van der Waals surface area contributed by atoms with Gasteiger partial charge in [-0.05, 0) is 36.6 Å². The van der Waals surface area contributed by atoms with E-state index < -0.39 is 0 Å². The van der Waals surface area contributed by atoms with Crippen molar-refractivity contribution in [3.8, 4) is 11.9 Å². The third-order valence-corrected chi connectivity index (χ3v) is 4.47. The molecule has 1 aromatic carbocycles. The lowest BCUT2D eigenvalue weighted by atomic mass is 9.98. The van der Waals surface area contributed by atoms with Gasteiger partial charge < -0.3 is 9.64 Å². The first-order valence-electron chi connectivity index (χ1n) is 8.65. The Morgan fingerprint density at radius 2 is 2.15 bits per heavy atom. The van der Waals surface area contributed by atoms with Gasteiger partial charge in [-0.25, -0.2) is 9.37 Å². The van der Waals surface area contributed by atoms with Crippen LogP contribution < -0.4 is 4.74 Å². The Labute approximate surface area is 152 Å². The van der Waals surface area contributed by atoms with E-state index in [1.54, 1.807) is 30.5 Å². The zero-order valence-corrected chi connectivity index (χ0v) is 14.4. The van der Waals surface area contributed by atoms with Gasteiger partial charge in [0.25, 0.3) is 0 Å². The van der Waals surface area contributed by atoms with Crippen molar-refractivity contribution in [1.82, 2.24) is 9.88 Å². The van der Waals surface area contributed by atoms with Gasteiger partial charge in [-0.3, -0.25) is 4.79 Å². The summed E-state index contributed by atoms with van der Waals surface area (Å²) in [5.74, 6) is 0.406. The van der Waals surface area contributed by atoms with Gasteiger partial charge in [0.2, 0.25) is 11.8 Å². The van der Waals surface area contributed by atoms with Crippen LogP contribution in [0.3, 0.4) is 0 Å². The summed E-state index contributed by atoms with van der Waals surface area (Å²) in [5.41, 5.74) is 1.32. The van der Waals surface area contributed by atoms with E-state index in [-0.39, 0.29) is 24.1 Å². The third kappa shape index (κ3) is 4.79. The van der Waals surface area contributed by atoms with E-state index in [9.17, 15) is 9.18 Å². The highest BCUT2D eigenvalue weighted by Gasteiger charge is 2.24. The van der Waals surface area contributed by atoms with Gasteiger partial charge in [0, 0.05) is 31.3 Å². The van der Waals surface area contributed by atoms with Crippen molar-refractivity contribution >= 4 is 5.91 Å². The molecule has 3 rings (SSSR count). The van der Waals surface area contributed by atoms with E-state index in [4.69, 9.17) is 10.00 Å². The highest BCUT2D eigenvalue weighted by atomic mass is 19.1. The lowest BCUT2D eigenvalue weighted by Gasteiger charge is -2.32. The van der Waals surface area contributed by atoms with Gasteiger partial charge in [-0.2, -0.15) is 5.26 Å². The van der Waals surface area contributed by atoms with Crippen molar-refractivity contribution in [2.75, 3.05) is 19.7 Å². The van der Waals surface area contributed by atoms with Crippen LogP contribution in [0.5, 0.6) is 5.88 Å². The van der Waals surface area contributed by atoms with Crippen LogP contribution in [0.4, 0.5) is 4.39 Å². The number of halogens is 1. The molecule has 5 nitrogen and oxygen atoms in total. The average molecular weight is 353 g/mol. The predicted octanol–water partition coefficient (Wildman–Crippen LogP) is 2.95. The molecule has 0 radical (unpaired) electrons. The summed E-state index contributed by atoms with van der Waals surface area (Å²) < 4.78 is 18.7. The van der Waals surface area contributed by atoms with Gasteiger partial charge in [0.05, 0.1) is 24.7 Å². The summed E-state index contributed by atoms with van der Waals surface area (Å²) in [7, 11) is 0. The van der Waals surface area contributed by atoms with Crippen LogP contribution in [0, 0.1) is 23.1 Å². The SMILES string of the molecule is N#Cc1ccnc(OCC2CCCN(C(=O)Cc3ccc(F)cc3)C2)c1. The monoisotopic (exact) mass is 353 g/mol. The van der Waals surface area contributed by atoms with Gasteiger partial charge in [-0.15, -0.1) is 0 Å². The lowest BCUT2D eigenvalue weighted by molar-refractivity contribution is -0.132. The highest BCUT2D eigenvalue weighted by molar-refractivity contribution is 5.78. The molecular weight excluding hydrogens is 333 g/mol. The van der Waals surface area contributed by atoms with Crippen LogP contribution in [0.15, 0.2) is 42.6 Å². The second-order valence-corrected chi connectivity index (χ2v) is 6.46.